The highest BCUT2D eigenvalue weighted by molar-refractivity contribution is 7.89. The average molecular weight is 282 g/mol. The predicted octanol–water partition coefficient (Wildman–Crippen LogP) is 0.267. The van der Waals surface area contributed by atoms with Gasteiger partial charge in [-0.25, -0.2) is 13.1 Å². The highest BCUT2D eigenvalue weighted by Crippen LogP contribution is 2.15. The molecule has 0 unspecified atom stereocenters. The number of sulfonamides is 1. The van der Waals surface area contributed by atoms with Crippen molar-refractivity contribution in [3.05, 3.63) is 42.0 Å². The molecule has 8 heteroatoms. The Kier molecular flexibility index (Phi) is 4.25. The summed E-state index contributed by atoms with van der Waals surface area (Å²) in [4.78, 5) is 4.00. The Hall–Kier alpha value is -1.77. The lowest BCUT2D eigenvalue weighted by Gasteiger charge is -2.10. The summed E-state index contributed by atoms with van der Waals surface area (Å²) >= 11 is 0. The van der Waals surface area contributed by atoms with E-state index in [1.54, 1.807) is 31.3 Å². The third-order valence-electron chi connectivity index (χ3n) is 2.46. The van der Waals surface area contributed by atoms with Crippen molar-refractivity contribution in [1.82, 2.24) is 20.2 Å². The smallest absolute Gasteiger partial charge is 0.241 e. The third-order valence-corrected chi connectivity index (χ3v) is 3.96. The van der Waals surface area contributed by atoms with Crippen molar-refractivity contribution in [3.8, 4) is 0 Å². The van der Waals surface area contributed by atoms with Crippen LogP contribution in [0.3, 0.4) is 0 Å². The molecule has 0 radical (unpaired) electrons. The first-order valence-corrected chi connectivity index (χ1v) is 7.09. The Balaban J connectivity index is 2.19. The van der Waals surface area contributed by atoms with E-state index in [4.69, 9.17) is 0 Å². The van der Waals surface area contributed by atoms with E-state index in [9.17, 15) is 8.42 Å². The minimum atomic E-state index is -3.60. The summed E-state index contributed by atoms with van der Waals surface area (Å²) < 4.78 is 31.4. The molecule has 1 heterocycles. The van der Waals surface area contributed by atoms with Gasteiger partial charge in [0.25, 0.3) is 0 Å². The maximum Gasteiger partial charge on any atom is 0.241 e. The number of hydrogen-bond acceptors (Lipinski definition) is 6. The van der Waals surface area contributed by atoms with Gasteiger partial charge in [0.2, 0.25) is 16.4 Å². The second-order valence-electron chi connectivity index (χ2n) is 3.81. The molecule has 1 aromatic carbocycles. The van der Waals surface area contributed by atoms with Gasteiger partial charge in [0.15, 0.2) is 5.82 Å². The van der Waals surface area contributed by atoms with Gasteiger partial charge in [0.05, 0.1) is 11.4 Å². The van der Waals surface area contributed by atoms with Gasteiger partial charge in [0, 0.05) is 6.54 Å². The molecule has 2 aromatic rings. The van der Waals surface area contributed by atoms with Gasteiger partial charge in [-0.05, 0) is 18.7 Å². The summed E-state index contributed by atoms with van der Waals surface area (Å²) in [5, 5.41) is 6.48. The number of nitrogens with one attached hydrogen (secondary N) is 2. The monoisotopic (exact) mass is 282 g/mol. The normalized spacial score (nSPS) is 11.6. The van der Waals surface area contributed by atoms with Crippen LogP contribution < -0.4 is 10.0 Å². The third kappa shape index (κ3) is 3.37. The molecule has 0 fully saturated rings. The molecule has 0 amide bonds. The first-order chi connectivity index (χ1) is 9.13. The van der Waals surface area contributed by atoms with E-state index in [1.165, 1.54) is 0 Å². The predicted molar refractivity (Wildman–Crippen MR) is 67.5 cm³/mol. The van der Waals surface area contributed by atoms with Gasteiger partial charge in [0.1, 0.15) is 0 Å². The lowest BCUT2D eigenvalue weighted by Crippen LogP contribution is -2.25. The molecule has 2 rings (SSSR count). The fourth-order valence-corrected chi connectivity index (χ4v) is 2.83. The zero-order valence-electron chi connectivity index (χ0n) is 10.3. The Morgan fingerprint density at radius 3 is 2.74 bits per heavy atom. The Labute approximate surface area is 111 Å². The van der Waals surface area contributed by atoms with Crippen LogP contribution in [-0.2, 0) is 23.1 Å². The number of rotatable bonds is 6. The standard InChI is InChI=1S/C11H14N4O3S/c1-12-6-9-4-2-3-5-10(9)19(16,17)14-7-11-13-8-18-15-11/h2-5,8,12,14H,6-7H2,1H3. The first-order valence-electron chi connectivity index (χ1n) is 5.61. The topological polar surface area (TPSA) is 97.1 Å². The van der Waals surface area contributed by atoms with Crippen molar-refractivity contribution in [1.29, 1.82) is 0 Å². The quantitative estimate of drug-likeness (QED) is 0.789. The SMILES string of the molecule is CNCc1ccccc1S(=O)(=O)NCc1ncon1. The van der Waals surface area contributed by atoms with Crippen LogP contribution in [0.2, 0.25) is 0 Å². The molecule has 0 aliphatic rings. The Morgan fingerprint density at radius 1 is 1.26 bits per heavy atom. The van der Waals surface area contributed by atoms with Gasteiger partial charge < -0.3 is 9.84 Å². The van der Waals surface area contributed by atoms with E-state index in [2.05, 4.69) is 24.7 Å². The molecule has 0 atom stereocenters. The minimum absolute atomic E-state index is 0.00722. The summed E-state index contributed by atoms with van der Waals surface area (Å²) in [6, 6.07) is 6.80. The van der Waals surface area contributed by atoms with Gasteiger partial charge in [-0.2, -0.15) is 4.98 Å². The van der Waals surface area contributed by atoms with Crippen molar-refractivity contribution in [3.63, 3.8) is 0 Å². The molecular weight excluding hydrogens is 268 g/mol. The second-order valence-corrected chi connectivity index (χ2v) is 5.55. The molecule has 0 aliphatic carbocycles. The molecule has 0 aliphatic heterocycles. The maximum atomic E-state index is 12.2. The summed E-state index contributed by atoms with van der Waals surface area (Å²) in [6.07, 6.45) is 1.15. The van der Waals surface area contributed by atoms with Gasteiger partial charge in [-0.1, -0.05) is 23.4 Å². The molecule has 7 nitrogen and oxygen atoms in total. The van der Waals surface area contributed by atoms with E-state index >= 15 is 0 Å². The van der Waals surface area contributed by atoms with E-state index in [0.29, 0.717) is 12.1 Å². The Bertz CT molecular complexity index is 625. The molecule has 0 spiro atoms. The van der Waals surface area contributed by atoms with Crippen LogP contribution in [0.5, 0.6) is 0 Å². The molecule has 19 heavy (non-hydrogen) atoms. The molecule has 102 valence electrons. The second kappa shape index (κ2) is 5.91. The molecule has 2 N–H and O–H groups in total. The van der Waals surface area contributed by atoms with Gasteiger partial charge in [-0.15, -0.1) is 0 Å². The lowest BCUT2D eigenvalue weighted by atomic mass is 10.2. The molecule has 0 saturated heterocycles. The van der Waals surface area contributed by atoms with Crippen molar-refractivity contribution < 1.29 is 12.9 Å². The van der Waals surface area contributed by atoms with Gasteiger partial charge in [-0.3, -0.25) is 0 Å². The van der Waals surface area contributed by atoms with Crippen LogP contribution in [0.15, 0.2) is 40.1 Å². The number of benzene rings is 1. The highest BCUT2D eigenvalue weighted by atomic mass is 32.2. The van der Waals surface area contributed by atoms with E-state index in [-0.39, 0.29) is 17.3 Å². The number of nitrogens with zero attached hydrogens (tertiary/aromatic N) is 2. The van der Waals surface area contributed by atoms with Crippen LogP contribution in [0.25, 0.3) is 0 Å². The summed E-state index contributed by atoms with van der Waals surface area (Å²) in [6.45, 7) is 0.464. The largest absolute Gasteiger partial charge is 0.343 e. The zero-order chi connectivity index (χ0) is 13.7. The average Bonchev–Trinajstić information content (AvgIpc) is 2.91. The number of aromatic nitrogens is 2. The summed E-state index contributed by atoms with van der Waals surface area (Å²) in [5.74, 6) is 0.287. The first kappa shape index (κ1) is 13.7. The van der Waals surface area contributed by atoms with Crippen molar-refractivity contribution in [2.45, 2.75) is 18.0 Å². The molecule has 0 bridgehead atoms. The van der Waals surface area contributed by atoms with Crippen LogP contribution >= 0.6 is 0 Å². The fourth-order valence-electron chi connectivity index (χ4n) is 1.61. The summed E-state index contributed by atoms with van der Waals surface area (Å²) in [5.41, 5.74) is 0.700. The van der Waals surface area contributed by atoms with E-state index < -0.39 is 10.0 Å². The van der Waals surface area contributed by atoms with Crippen molar-refractivity contribution in [2.75, 3.05) is 7.05 Å². The van der Waals surface area contributed by atoms with Crippen LogP contribution in [0, 0.1) is 0 Å². The highest BCUT2D eigenvalue weighted by Gasteiger charge is 2.18. The van der Waals surface area contributed by atoms with Crippen LogP contribution in [0.4, 0.5) is 0 Å². The minimum Gasteiger partial charge on any atom is -0.343 e. The fraction of sp³-hybridized carbons (Fsp3) is 0.273. The van der Waals surface area contributed by atoms with Crippen molar-refractivity contribution in [2.24, 2.45) is 0 Å². The van der Waals surface area contributed by atoms with Crippen molar-refractivity contribution >= 4 is 10.0 Å². The maximum absolute atomic E-state index is 12.2. The van der Waals surface area contributed by atoms with Crippen LogP contribution in [0.1, 0.15) is 11.4 Å². The van der Waals surface area contributed by atoms with E-state index in [1.807, 2.05) is 0 Å². The molecule has 1 aromatic heterocycles. The molecular formula is C11H14N4O3S. The van der Waals surface area contributed by atoms with Gasteiger partial charge >= 0.3 is 0 Å². The summed E-state index contributed by atoms with van der Waals surface area (Å²) in [7, 11) is -1.84. The molecule has 0 saturated carbocycles. The zero-order valence-corrected chi connectivity index (χ0v) is 11.1. The lowest BCUT2D eigenvalue weighted by molar-refractivity contribution is 0.409. The van der Waals surface area contributed by atoms with Crippen LogP contribution in [-0.4, -0.2) is 25.6 Å². The number of hydrogen-bond donors (Lipinski definition) is 2. The van der Waals surface area contributed by atoms with E-state index in [0.717, 1.165) is 6.39 Å². The Morgan fingerprint density at radius 2 is 2.05 bits per heavy atom.